The number of esters is 1. The average molecular weight is 413 g/mol. The van der Waals surface area contributed by atoms with Crippen LogP contribution in [0.2, 0.25) is 0 Å². The third-order valence-corrected chi connectivity index (χ3v) is 5.13. The maximum atomic E-state index is 12.9. The Balaban J connectivity index is 1.55. The van der Waals surface area contributed by atoms with Crippen molar-refractivity contribution in [2.45, 2.75) is 20.0 Å². The molecule has 0 aliphatic carbocycles. The first-order valence-electron chi connectivity index (χ1n) is 9.76. The lowest BCUT2D eigenvalue weighted by atomic mass is 10.1. The van der Waals surface area contributed by atoms with Crippen molar-refractivity contribution in [1.29, 1.82) is 0 Å². The number of hydrogen-bond acceptors (Lipinski definition) is 5. The highest BCUT2D eigenvalue weighted by molar-refractivity contribution is 6.34. The zero-order valence-electron chi connectivity index (χ0n) is 17.0. The molecule has 4 rings (SSSR count). The van der Waals surface area contributed by atoms with Crippen LogP contribution in [-0.2, 0) is 4.74 Å². The first kappa shape index (κ1) is 20.2. The summed E-state index contributed by atoms with van der Waals surface area (Å²) in [4.78, 5) is 51.7. The molecular formula is C25H19NO5. The van der Waals surface area contributed by atoms with Crippen LogP contribution < -0.4 is 4.90 Å². The molecule has 0 bridgehead atoms. The fraction of sp³-hybridized carbons (Fsp3) is 0.120. The smallest absolute Gasteiger partial charge is 0.338 e. The van der Waals surface area contributed by atoms with E-state index < -0.39 is 23.9 Å². The number of aryl methyl sites for hydroxylation is 1. The van der Waals surface area contributed by atoms with Gasteiger partial charge in [0.25, 0.3) is 11.8 Å². The molecule has 0 saturated heterocycles. The maximum absolute atomic E-state index is 12.9. The van der Waals surface area contributed by atoms with E-state index in [1.54, 1.807) is 42.5 Å². The highest BCUT2D eigenvalue weighted by Crippen LogP contribution is 2.29. The molecule has 3 aromatic carbocycles. The Bertz CT molecular complexity index is 1200. The number of benzene rings is 3. The fourth-order valence-corrected chi connectivity index (χ4v) is 3.42. The predicted octanol–water partition coefficient (Wildman–Crippen LogP) is 4.22. The number of Topliss-reactive ketones (excluding diaryl/α,β-unsaturated/α-hetero) is 1. The van der Waals surface area contributed by atoms with Gasteiger partial charge in [-0.05, 0) is 44.2 Å². The highest BCUT2D eigenvalue weighted by Gasteiger charge is 2.37. The van der Waals surface area contributed by atoms with E-state index in [2.05, 4.69) is 0 Å². The van der Waals surface area contributed by atoms with Crippen molar-refractivity contribution in [3.8, 4) is 0 Å². The summed E-state index contributed by atoms with van der Waals surface area (Å²) in [6.07, 6.45) is -0.996. The Morgan fingerprint density at radius 3 is 2.13 bits per heavy atom. The standard InChI is InChI=1S/C25H19NO5/c1-15-8-11-19(12-9-15)26-23(28)20-13-10-18(14-21(20)24(26)29)25(30)31-16(2)22(27)17-6-4-3-5-7-17/h3-14,16H,1-2H3/t16-/m1/s1. The molecule has 1 aliphatic heterocycles. The second-order valence-electron chi connectivity index (χ2n) is 7.32. The molecule has 0 unspecified atom stereocenters. The number of carbonyl (C=O) groups excluding carboxylic acids is 4. The topological polar surface area (TPSA) is 80.8 Å². The minimum Gasteiger partial charge on any atom is -0.451 e. The molecule has 6 heteroatoms. The summed E-state index contributed by atoms with van der Waals surface area (Å²) in [6.45, 7) is 3.40. The van der Waals surface area contributed by atoms with Gasteiger partial charge in [0.2, 0.25) is 5.78 Å². The molecule has 6 nitrogen and oxygen atoms in total. The minimum absolute atomic E-state index is 0.0957. The van der Waals surface area contributed by atoms with Crippen LogP contribution in [0.1, 0.15) is 53.9 Å². The van der Waals surface area contributed by atoms with Crippen molar-refractivity contribution in [3.63, 3.8) is 0 Å². The van der Waals surface area contributed by atoms with Crippen LogP contribution in [-0.4, -0.2) is 29.7 Å². The van der Waals surface area contributed by atoms with Crippen LogP contribution in [0.25, 0.3) is 0 Å². The van der Waals surface area contributed by atoms with E-state index in [4.69, 9.17) is 4.74 Å². The van der Waals surface area contributed by atoms with Crippen LogP contribution in [0.5, 0.6) is 0 Å². The Morgan fingerprint density at radius 2 is 1.45 bits per heavy atom. The molecule has 1 atom stereocenters. The first-order valence-corrected chi connectivity index (χ1v) is 9.76. The van der Waals surface area contributed by atoms with E-state index in [-0.39, 0.29) is 22.5 Å². The van der Waals surface area contributed by atoms with E-state index in [0.29, 0.717) is 11.3 Å². The maximum Gasteiger partial charge on any atom is 0.338 e. The van der Waals surface area contributed by atoms with Gasteiger partial charge in [-0.25, -0.2) is 9.69 Å². The Morgan fingerprint density at radius 1 is 0.806 bits per heavy atom. The average Bonchev–Trinajstić information content (AvgIpc) is 3.04. The lowest BCUT2D eigenvalue weighted by Gasteiger charge is -2.13. The number of hydrogen-bond donors (Lipinski definition) is 0. The number of fused-ring (bicyclic) bond motifs is 1. The SMILES string of the molecule is Cc1ccc(N2C(=O)c3ccc(C(=O)O[C@H](C)C(=O)c4ccccc4)cc3C2=O)cc1. The van der Waals surface area contributed by atoms with Crippen molar-refractivity contribution in [3.05, 3.63) is 101 Å². The number of nitrogens with zero attached hydrogens (tertiary/aromatic N) is 1. The number of anilines is 1. The molecule has 0 spiro atoms. The molecule has 1 aliphatic rings. The van der Waals surface area contributed by atoms with Crippen molar-refractivity contribution in [2.24, 2.45) is 0 Å². The number of imide groups is 1. The largest absolute Gasteiger partial charge is 0.451 e. The third kappa shape index (κ3) is 3.75. The molecule has 0 aromatic heterocycles. The summed E-state index contributed by atoms with van der Waals surface area (Å²) in [7, 11) is 0. The normalized spacial score (nSPS) is 13.7. The van der Waals surface area contributed by atoms with Gasteiger partial charge in [0, 0.05) is 5.56 Å². The van der Waals surface area contributed by atoms with Crippen LogP contribution in [0.3, 0.4) is 0 Å². The molecule has 0 N–H and O–H groups in total. The van der Waals surface area contributed by atoms with E-state index in [1.165, 1.54) is 25.1 Å². The van der Waals surface area contributed by atoms with Crippen molar-refractivity contribution >= 4 is 29.3 Å². The predicted molar refractivity (Wildman–Crippen MR) is 114 cm³/mol. The van der Waals surface area contributed by atoms with Crippen molar-refractivity contribution in [2.75, 3.05) is 4.90 Å². The fourth-order valence-electron chi connectivity index (χ4n) is 3.42. The molecule has 3 aromatic rings. The number of carbonyl (C=O) groups is 4. The summed E-state index contributed by atoms with van der Waals surface area (Å²) in [5.41, 5.74) is 2.34. The lowest BCUT2D eigenvalue weighted by molar-refractivity contribution is 0.0318. The van der Waals surface area contributed by atoms with E-state index in [9.17, 15) is 19.2 Å². The monoisotopic (exact) mass is 413 g/mol. The molecule has 0 radical (unpaired) electrons. The molecular weight excluding hydrogens is 394 g/mol. The van der Waals surface area contributed by atoms with E-state index >= 15 is 0 Å². The van der Waals surface area contributed by atoms with Gasteiger partial charge in [-0.1, -0.05) is 48.0 Å². The Labute approximate surface area is 179 Å². The summed E-state index contributed by atoms with van der Waals surface area (Å²) in [5, 5.41) is 0. The van der Waals surface area contributed by atoms with Gasteiger partial charge in [0.05, 0.1) is 22.4 Å². The Kier molecular flexibility index (Phi) is 5.21. The van der Waals surface area contributed by atoms with Crippen LogP contribution in [0.15, 0.2) is 72.8 Å². The zero-order valence-corrected chi connectivity index (χ0v) is 17.0. The van der Waals surface area contributed by atoms with E-state index in [0.717, 1.165) is 10.5 Å². The first-order chi connectivity index (χ1) is 14.9. The number of ketones is 1. The van der Waals surface area contributed by atoms with Gasteiger partial charge >= 0.3 is 5.97 Å². The Hall–Kier alpha value is -4.06. The van der Waals surface area contributed by atoms with Gasteiger partial charge < -0.3 is 4.74 Å². The zero-order chi connectivity index (χ0) is 22.1. The van der Waals surface area contributed by atoms with Crippen LogP contribution in [0.4, 0.5) is 5.69 Å². The number of ether oxygens (including phenoxy) is 1. The van der Waals surface area contributed by atoms with Crippen molar-refractivity contribution < 1.29 is 23.9 Å². The summed E-state index contributed by atoms with van der Waals surface area (Å²) in [5.74, 6) is -2.02. The van der Waals surface area contributed by atoms with E-state index in [1.807, 2.05) is 19.1 Å². The summed E-state index contributed by atoms with van der Waals surface area (Å²) >= 11 is 0. The minimum atomic E-state index is -0.996. The number of rotatable bonds is 5. The number of amides is 2. The van der Waals surface area contributed by atoms with Crippen molar-refractivity contribution in [1.82, 2.24) is 0 Å². The highest BCUT2D eigenvalue weighted by atomic mass is 16.5. The molecule has 0 saturated carbocycles. The molecule has 0 fully saturated rings. The van der Waals surface area contributed by atoms with Crippen LogP contribution in [0, 0.1) is 6.92 Å². The van der Waals surface area contributed by atoms with Gasteiger partial charge in [-0.15, -0.1) is 0 Å². The van der Waals surface area contributed by atoms with Gasteiger partial charge in [0.1, 0.15) is 0 Å². The summed E-state index contributed by atoms with van der Waals surface area (Å²) < 4.78 is 5.30. The summed E-state index contributed by atoms with van der Waals surface area (Å²) in [6, 6.07) is 19.7. The molecule has 154 valence electrons. The second-order valence-corrected chi connectivity index (χ2v) is 7.32. The van der Waals surface area contributed by atoms with Crippen LogP contribution >= 0.6 is 0 Å². The molecule has 2 amide bonds. The molecule has 31 heavy (non-hydrogen) atoms. The van der Waals surface area contributed by atoms with Gasteiger partial charge in [-0.3, -0.25) is 14.4 Å². The van der Waals surface area contributed by atoms with Gasteiger partial charge in [0.15, 0.2) is 6.10 Å². The second kappa shape index (κ2) is 7.99. The third-order valence-electron chi connectivity index (χ3n) is 5.13. The quantitative estimate of drug-likeness (QED) is 0.355. The lowest BCUT2D eigenvalue weighted by Crippen LogP contribution is -2.29. The van der Waals surface area contributed by atoms with Gasteiger partial charge in [-0.2, -0.15) is 0 Å². The molecule has 1 heterocycles.